The van der Waals surface area contributed by atoms with E-state index in [0.29, 0.717) is 0 Å². The molecule has 25 heavy (non-hydrogen) atoms. The van der Waals surface area contributed by atoms with Crippen molar-refractivity contribution < 1.29 is 31.9 Å². The Hall–Kier alpha value is -2.90. The van der Waals surface area contributed by atoms with Crippen LogP contribution in [0.3, 0.4) is 0 Å². The Morgan fingerprint density at radius 1 is 1.08 bits per heavy atom. The highest BCUT2D eigenvalue weighted by atomic mass is 19.4. The van der Waals surface area contributed by atoms with Gasteiger partial charge in [0.1, 0.15) is 5.82 Å². The maximum atomic E-state index is 13.5. The summed E-state index contributed by atoms with van der Waals surface area (Å²) in [6.45, 7) is 1.22. The number of hydrogen-bond acceptors (Lipinski definition) is 3. The number of rotatable bonds is 4. The average Bonchev–Trinajstić information content (AvgIpc) is 2.54. The lowest BCUT2D eigenvalue weighted by atomic mass is 10.2. The molecule has 0 saturated carbocycles. The molecule has 0 fully saturated rings. The van der Waals surface area contributed by atoms with Gasteiger partial charge in [-0.1, -0.05) is 18.2 Å². The molecule has 0 saturated heterocycles. The first-order valence-corrected chi connectivity index (χ1v) is 7.12. The molecule has 1 amide bonds. The molecule has 4 nitrogen and oxygen atoms in total. The second kappa shape index (κ2) is 7.33. The zero-order valence-corrected chi connectivity index (χ0v) is 12.9. The molecule has 1 atom stereocenters. The van der Waals surface area contributed by atoms with Crippen molar-refractivity contribution in [1.82, 2.24) is 0 Å². The molecule has 0 aromatic heterocycles. The Bertz CT molecular complexity index is 789. The molecule has 2 aromatic carbocycles. The van der Waals surface area contributed by atoms with E-state index in [9.17, 15) is 27.2 Å². The highest BCUT2D eigenvalue weighted by molar-refractivity contribution is 5.97. The molecule has 132 valence electrons. The Morgan fingerprint density at radius 3 is 2.40 bits per heavy atom. The molecule has 0 spiro atoms. The maximum Gasteiger partial charge on any atom is 0.416 e. The molecule has 2 aromatic rings. The maximum absolute atomic E-state index is 13.5. The van der Waals surface area contributed by atoms with Crippen molar-refractivity contribution in [3.63, 3.8) is 0 Å². The fourth-order valence-corrected chi connectivity index (χ4v) is 1.92. The van der Waals surface area contributed by atoms with E-state index in [1.165, 1.54) is 31.2 Å². The highest BCUT2D eigenvalue weighted by Gasteiger charge is 2.30. The van der Waals surface area contributed by atoms with Crippen molar-refractivity contribution in [2.75, 3.05) is 5.32 Å². The molecule has 0 heterocycles. The van der Waals surface area contributed by atoms with Crippen LogP contribution < -0.4 is 5.32 Å². The number of nitrogens with one attached hydrogen (secondary N) is 1. The summed E-state index contributed by atoms with van der Waals surface area (Å²) >= 11 is 0. The van der Waals surface area contributed by atoms with Crippen molar-refractivity contribution in [1.29, 1.82) is 0 Å². The summed E-state index contributed by atoms with van der Waals surface area (Å²) in [5, 5.41) is 2.22. The van der Waals surface area contributed by atoms with E-state index in [2.05, 4.69) is 5.32 Å². The van der Waals surface area contributed by atoms with Crippen LogP contribution in [0, 0.1) is 5.82 Å². The summed E-state index contributed by atoms with van der Waals surface area (Å²) in [4.78, 5) is 23.8. The summed E-state index contributed by atoms with van der Waals surface area (Å²) < 4.78 is 56.3. The van der Waals surface area contributed by atoms with E-state index >= 15 is 0 Å². The van der Waals surface area contributed by atoms with Gasteiger partial charge in [-0.05, 0) is 37.3 Å². The monoisotopic (exact) mass is 355 g/mol. The lowest BCUT2D eigenvalue weighted by Crippen LogP contribution is -2.30. The number of alkyl halides is 3. The summed E-state index contributed by atoms with van der Waals surface area (Å²) in [6, 6.07) is 9.07. The van der Waals surface area contributed by atoms with Gasteiger partial charge in [0.25, 0.3) is 5.91 Å². The van der Waals surface area contributed by atoms with Crippen LogP contribution in [0.4, 0.5) is 23.2 Å². The smallest absolute Gasteiger partial charge is 0.416 e. The number of anilines is 1. The Morgan fingerprint density at radius 2 is 1.76 bits per heavy atom. The fraction of sp³-hybridized carbons (Fsp3) is 0.176. The topological polar surface area (TPSA) is 55.4 Å². The third-order valence-corrected chi connectivity index (χ3v) is 3.20. The molecule has 0 radical (unpaired) electrons. The summed E-state index contributed by atoms with van der Waals surface area (Å²) in [6.07, 6.45) is -5.88. The SMILES string of the molecule is CC(OC(=O)c1ccccc1F)C(=O)Nc1cccc(C(F)(F)F)c1. The number of halogens is 4. The van der Waals surface area contributed by atoms with Crippen LogP contribution in [-0.2, 0) is 15.7 Å². The van der Waals surface area contributed by atoms with Crippen LogP contribution in [-0.4, -0.2) is 18.0 Å². The van der Waals surface area contributed by atoms with Crippen molar-refractivity contribution in [3.05, 3.63) is 65.5 Å². The molecular weight excluding hydrogens is 342 g/mol. The highest BCUT2D eigenvalue weighted by Crippen LogP contribution is 2.30. The second-order valence-electron chi connectivity index (χ2n) is 5.10. The van der Waals surface area contributed by atoms with Gasteiger partial charge in [0.05, 0.1) is 11.1 Å². The van der Waals surface area contributed by atoms with E-state index in [1.54, 1.807) is 0 Å². The summed E-state index contributed by atoms with van der Waals surface area (Å²) in [5.74, 6) is -2.70. The van der Waals surface area contributed by atoms with E-state index in [4.69, 9.17) is 4.74 Å². The molecule has 1 unspecified atom stereocenters. The third-order valence-electron chi connectivity index (χ3n) is 3.20. The predicted octanol–water partition coefficient (Wildman–Crippen LogP) is 4.03. The second-order valence-corrected chi connectivity index (χ2v) is 5.10. The van der Waals surface area contributed by atoms with E-state index in [0.717, 1.165) is 24.3 Å². The minimum absolute atomic E-state index is 0.103. The summed E-state index contributed by atoms with van der Waals surface area (Å²) in [5.41, 5.74) is -1.38. The minimum atomic E-state index is -4.55. The molecule has 0 aliphatic heterocycles. The van der Waals surface area contributed by atoms with Gasteiger partial charge in [-0.15, -0.1) is 0 Å². The lowest BCUT2D eigenvalue weighted by molar-refractivity contribution is -0.137. The molecule has 1 N–H and O–H groups in total. The van der Waals surface area contributed by atoms with E-state index < -0.39 is 35.5 Å². The zero-order chi connectivity index (χ0) is 18.6. The van der Waals surface area contributed by atoms with Gasteiger partial charge in [-0.25, -0.2) is 9.18 Å². The number of hydrogen-bond donors (Lipinski definition) is 1. The molecule has 8 heteroatoms. The average molecular weight is 355 g/mol. The van der Waals surface area contributed by atoms with Gasteiger partial charge < -0.3 is 10.1 Å². The van der Waals surface area contributed by atoms with Crippen LogP contribution in [0.5, 0.6) is 0 Å². The Balaban J connectivity index is 2.04. The molecular formula is C17H13F4NO3. The number of esters is 1. The van der Waals surface area contributed by atoms with Crippen LogP contribution in [0.15, 0.2) is 48.5 Å². The molecule has 0 aliphatic carbocycles. The van der Waals surface area contributed by atoms with Gasteiger partial charge in [0, 0.05) is 5.69 Å². The quantitative estimate of drug-likeness (QED) is 0.666. The van der Waals surface area contributed by atoms with Gasteiger partial charge in [-0.2, -0.15) is 13.2 Å². The normalized spacial score (nSPS) is 12.4. The number of benzene rings is 2. The van der Waals surface area contributed by atoms with Crippen LogP contribution in [0.1, 0.15) is 22.8 Å². The molecule has 0 aliphatic rings. The van der Waals surface area contributed by atoms with Crippen molar-refractivity contribution >= 4 is 17.6 Å². The number of carbonyl (C=O) groups excluding carboxylic acids is 2. The van der Waals surface area contributed by atoms with Gasteiger partial charge in [0.2, 0.25) is 0 Å². The van der Waals surface area contributed by atoms with Gasteiger partial charge in [0.15, 0.2) is 6.10 Å². The van der Waals surface area contributed by atoms with Gasteiger partial charge >= 0.3 is 12.1 Å². The number of amides is 1. The number of carbonyl (C=O) groups is 2. The van der Waals surface area contributed by atoms with Gasteiger partial charge in [-0.3, -0.25) is 4.79 Å². The van der Waals surface area contributed by atoms with Crippen molar-refractivity contribution in [3.8, 4) is 0 Å². The standard InChI is InChI=1S/C17H13F4NO3/c1-10(25-16(24)13-7-2-3-8-14(13)18)15(23)22-12-6-4-5-11(9-12)17(19,20)21/h2-10H,1H3,(H,22,23). The van der Waals surface area contributed by atoms with Crippen molar-refractivity contribution in [2.24, 2.45) is 0 Å². The first kappa shape index (κ1) is 18.4. The zero-order valence-electron chi connectivity index (χ0n) is 12.9. The largest absolute Gasteiger partial charge is 0.449 e. The predicted molar refractivity (Wildman–Crippen MR) is 81.4 cm³/mol. The third kappa shape index (κ3) is 4.79. The molecule has 0 bridgehead atoms. The fourth-order valence-electron chi connectivity index (χ4n) is 1.92. The van der Waals surface area contributed by atoms with E-state index in [-0.39, 0.29) is 11.3 Å². The van der Waals surface area contributed by atoms with Crippen molar-refractivity contribution in [2.45, 2.75) is 19.2 Å². The van der Waals surface area contributed by atoms with E-state index in [1.807, 2.05) is 0 Å². The first-order chi connectivity index (χ1) is 11.7. The van der Waals surface area contributed by atoms with Crippen LogP contribution in [0.2, 0.25) is 0 Å². The summed E-state index contributed by atoms with van der Waals surface area (Å²) in [7, 11) is 0. The lowest BCUT2D eigenvalue weighted by Gasteiger charge is -2.14. The Labute approximate surface area is 140 Å². The first-order valence-electron chi connectivity index (χ1n) is 7.12. The minimum Gasteiger partial charge on any atom is -0.449 e. The Kier molecular flexibility index (Phi) is 5.41. The van der Waals surface area contributed by atoms with Crippen LogP contribution in [0.25, 0.3) is 0 Å². The number of ether oxygens (including phenoxy) is 1. The molecule has 2 rings (SSSR count). The van der Waals surface area contributed by atoms with Crippen LogP contribution >= 0.6 is 0 Å².